The Balaban J connectivity index is 2.58. The van der Waals surface area contributed by atoms with E-state index in [1.165, 1.54) is 5.06 Å². The summed E-state index contributed by atoms with van der Waals surface area (Å²) in [6.07, 6.45) is 1.14. The molecule has 0 aromatic carbocycles. The van der Waals surface area contributed by atoms with Crippen molar-refractivity contribution in [2.24, 2.45) is 5.92 Å². The third-order valence-corrected chi connectivity index (χ3v) is 1.50. The van der Waals surface area contributed by atoms with Crippen LogP contribution in [0.15, 0.2) is 11.8 Å². The Morgan fingerprint density at radius 3 is 2.50 bits per heavy atom. The largest absolute Gasteiger partial charge is 0.408 e. The van der Waals surface area contributed by atoms with Crippen LogP contribution in [0.1, 0.15) is 13.8 Å². The van der Waals surface area contributed by atoms with Crippen LogP contribution in [-0.2, 0) is 4.84 Å². The molecule has 10 heavy (non-hydrogen) atoms. The highest BCUT2D eigenvalue weighted by Gasteiger charge is 2.22. The quantitative estimate of drug-likeness (QED) is 0.587. The standard InChI is InChI=1S/C7H13NO2/c1-5(2)6-4-7(9)8(3)10-6/h4-5,7,9H,1-3H3. The fourth-order valence-corrected chi connectivity index (χ4v) is 0.800. The zero-order valence-corrected chi connectivity index (χ0v) is 6.53. The molecule has 0 fully saturated rings. The normalized spacial score (nSPS) is 26.9. The van der Waals surface area contributed by atoms with Crippen LogP contribution in [0.3, 0.4) is 0 Å². The van der Waals surface area contributed by atoms with Gasteiger partial charge in [0, 0.05) is 19.0 Å². The molecule has 1 N–H and O–H groups in total. The monoisotopic (exact) mass is 143 g/mol. The Hall–Kier alpha value is -0.540. The van der Waals surface area contributed by atoms with Crippen LogP contribution in [0.25, 0.3) is 0 Å². The summed E-state index contributed by atoms with van der Waals surface area (Å²) in [5.41, 5.74) is 0. The van der Waals surface area contributed by atoms with Gasteiger partial charge in [-0.25, -0.2) is 0 Å². The molecular formula is C7H13NO2. The highest BCUT2D eigenvalue weighted by molar-refractivity contribution is 5.02. The molecule has 0 amide bonds. The van der Waals surface area contributed by atoms with Crippen molar-refractivity contribution in [3.05, 3.63) is 11.8 Å². The second-order valence-electron chi connectivity index (χ2n) is 2.77. The van der Waals surface area contributed by atoms with Gasteiger partial charge in [-0.2, -0.15) is 0 Å². The molecule has 0 bridgehead atoms. The van der Waals surface area contributed by atoms with E-state index in [1.807, 2.05) is 13.8 Å². The summed E-state index contributed by atoms with van der Waals surface area (Å²) in [5, 5.41) is 10.6. The van der Waals surface area contributed by atoms with Crippen molar-refractivity contribution in [2.75, 3.05) is 7.05 Å². The van der Waals surface area contributed by atoms with Crippen LogP contribution in [0.5, 0.6) is 0 Å². The van der Waals surface area contributed by atoms with E-state index in [-0.39, 0.29) is 0 Å². The van der Waals surface area contributed by atoms with Crippen molar-refractivity contribution in [2.45, 2.75) is 20.1 Å². The van der Waals surface area contributed by atoms with E-state index in [4.69, 9.17) is 9.94 Å². The number of rotatable bonds is 1. The maximum Gasteiger partial charge on any atom is 0.162 e. The fraction of sp³-hybridized carbons (Fsp3) is 0.714. The third kappa shape index (κ3) is 1.30. The van der Waals surface area contributed by atoms with Crippen molar-refractivity contribution in [3.8, 4) is 0 Å². The smallest absolute Gasteiger partial charge is 0.162 e. The minimum Gasteiger partial charge on any atom is -0.408 e. The van der Waals surface area contributed by atoms with Gasteiger partial charge in [0.25, 0.3) is 0 Å². The number of likely N-dealkylation sites (N-methyl/N-ethyl adjacent to an activating group) is 1. The molecule has 1 aliphatic rings. The van der Waals surface area contributed by atoms with Gasteiger partial charge in [0.1, 0.15) is 5.76 Å². The van der Waals surface area contributed by atoms with Gasteiger partial charge in [0.05, 0.1) is 0 Å². The summed E-state index contributed by atoms with van der Waals surface area (Å²) >= 11 is 0. The number of hydrogen-bond acceptors (Lipinski definition) is 3. The summed E-state index contributed by atoms with van der Waals surface area (Å²) in [5.74, 6) is 1.19. The van der Waals surface area contributed by atoms with Crippen molar-refractivity contribution >= 4 is 0 Å². The average molecular weight is 143 g/mol. The lowest BCUT2D eigenvalue weighted by Gasteiger charge is -2.14. The minimum atomic E-state index is -0.572. The highest BCUT2D eigenvalue weighted by Crippen LogP contribution is 2.20. The molecule has 0 aliphatic carbocycles. The van der Waals surface area contributed by atoms with Gasteiger partial charge in [-0.15, -0.1) is 5.06 Å². The molecule has 0 radical (unpaired) electrons. The summed E-state index contributed by atoms with van der Waals surface area (Å²) < 4.78 is 0. The van der Waals surface area contributed by atoms with Gasteiger partial charge in [0.15, 0.2) is 6.23 Å². The van der Waals surface area contributed by atoms with E-state index in [2.05, 4.69) is 0 Å². The number of hydroxylamine groups is 2. The van der Waals surface area contributed by atoms with Gasteiger partial charge in [0.2, 0.25) is 0 Å². The Kier molecular flexibility index (Phi) is 1.97. The van der Waals surface area contributed by atoms with Crippen LogP contribution in [0.4, 0.5) is 0 Å². The van der Waals surface area contributed by atoms with Crippen molar-refractivity contribution in [3.63, 3.8) is 0 Å². The van der Waals surface area contributed by atoms with E-state index in [9.17, 15) is 0 Å². The number of nitrogens with zero attached hydrogens (tertiary/aromatic N) is 1. The third-order valence-electron chi connectivity index (χ3n) is 1.50. The van der Waals surface area contributed by atoms with Crippen LogP contribution >= 0.6 is 0 Å². The maximum atomic E-state index is 9.14. The first-order chi connectivity index (χ1) is 4.61. The van der Waals surface area contributed by atoms with Crippen LogP contribution in [0, 0.1) is 5.92 Å². The Morgan fingerprint density at radius 1 is 1.70 bits per heavy atom. The first-order valence-corrected chi connectivity index (χ1v) is 3.42. The molecular weight excluding hydrogens is 130 g/mol. The van der Waals surface area contributed by atoms with E-state index in [1.54, 1.807) is 13.1 Å². The van der Waals surface area contributed by atoms with E-state index in [0.29, 0.717) is 5.92 Å². The van der Waals surface area contributed by atoms with Gasteiger partial charge < -0.3 is 9.94 Å². The lowest BCUT2D eigenvalue weighted by molar-refractivity contribution is -0.155. The summed E-state index contributed by atoms with van der Waals surface area (Å²) in [7, 11) is 1.70. The molecule has 1 unspecified atom stereocenters. The SMILES string of the molecule is CC(C)C1=CC(O)N(C)O1. The number of aliphatic hydroxyl groups is 1. The Morgan fingerprint density at radius 2 is 2.30 bits per heavy atom. The van der Waals surface area contributed by atoms with Gasteiger partial charge >= 0.3 is 0 Å². The van der Waals surface area contributed by atoms with E-state index >= 15 is 0 Å². The number of aliphatic hydroxyl groups excluding tert-OH is 1. The molecule has 58 valence electrons. The predicted molar refractivity (Wildman–Crippen MR) is 37.8 cm³/mol. The first-order valence-electron chi connectivity index (χ1n) is 3.42. The fourth-order valence-electron chi connectivity index (χ4n) is 0.800. The molecule has 0 saturated carbocycles. The average Bonchev–Trinajstić information content (AvgIpc) is 2.13. The van der Waals surface area contributed by atoms with Crippen molar-refractivity contribution in [1.82, 2.24) is 5.06 Å². The number of hydrogen-bond donors (Lipinski definition) is 1. The molecule has 3 heteroatoms. The van der Waals surface area contributed by atoms with Gasteiger partial charge in [-0.1, -0.05) is 13.8 Å². The van der Waals surface area contributed by atoms with Crippen LogP contribution in [0.2, 0.25) is 0 Å². The molecule has 1 rings (SSSR count). The number of allylic oxidation sites excluding steroid dienone is 1. The molecule has 0 saturated heterocycles. The summed E-state index contributed by atoms with van der Waals surface area (Å²) in [6.45, 7) is 4.05. The second kappa shape index (κ2) is 2.60. The van der Waals surface area contributed by atoms with Crippen molar-refractivity contribution < 1.29 is 9.94 Å². The van der Waals surface area contributed by atoms with Gasteiger partial charge in [-0.3, -0.25) is 0 Å². The lowest BCUT2D eigenvalue weighted by atomic mass is 10.2. The minimum absolute atomic E-state index is 0.347. The molecule has 1 atom stereocenters. The van der Waals surface area contributed by atoms with E-state index < -0.39 is 6.23 Å². The highest BCUT2D eigenvalue weighted by atomic mass is 16.7. The summed E-state index contributed by atoms with van der Waals surface area (Å²) in [4.78, 5) is 5.18. The first kappa shape index (κ1) is 7.57. The zero-order chi connectivity index (χ0) is 7.72. The van der Waals surface area contributed by atoms with Gasteiger partial charge in [-0.05, 0) is 0 Å². The molecule has 0 spiro atoms. The molecule has 1 heterocycles. The predicted octanol–water partition coefficient (Wildman–Crippen LogP) is 0.722. The molecule has 1 aliphatic heterocycles. The lowest BCUT2D eigenvalue weighted by Crippen LogP contribution is -2.23. The molecule has 0 aromatic rings. The second-order valence-corrected chi connectivity index (χ2v) is 2.77. The maximum absolute atomic E-state index is 9.14. The Labute approximate surface area is 60.9 Å². The van der Waals surface area contributed by atoms with Crippen LogP contribution < -0.4 is 0 Å². The summed E-state index contributed by atoms with van der Waals surface area (Å²) in [6, 6.07) is 0. The molecule has 0 aromatic heterocycles. The Bertz CT molecular complexity index is 154. The van der Waals surface area contributed by atoms with Crippen molar-refractivity contribution in [1.29, 1.82) is 0 Å². The topological polar surface area (TPSA) is 32.7 Å². The zero-order valence-electron chi connectivity index (χ0n) is 6.53. The van der Waals surface area contributed by atoms with Crippen LogP contribution in [-0.4, -0.2) is 23.4 Å². The van der Waals surface area contributed by atoms with E-state index in [0.717, 1.165) is 5.76 Å². The molecule has 3 nitrogen and oxygen atoms in total.